The number of pyridine rings is 2. The highest BCUT2D eigenvalue weighted by atomic mass is 79.9. The van der Waals surface area contributed by atoms with Crippen LogP contribution in [0.3, 0.4) is 0 Å². The van der Waals surface area contributed by atoms with Crippen LogP contribution in [0.1, 0.15) is 0 Å². The zero-order chi connectivity index (χ0) is 17.1. The molecule has 0 saturated heterocycles. The van der Waals surface area contributed by atoms with E-state index in [0.717, 1.165) is 19.7 Å². The maximum Gasteiger partial charge on any atom is 0.141 e. The molecule has 0 saturated carbocycles. The first-order valence-corrected chi connectivity index (χ1v) is 8.60. The van der Waals surface area contributed by atoms with Crippen molar-refractivity contribution < 1.29 is 10.2 Å². The van der Waals surface area contributed by atoms with E-state index in [2.05, 4.69) is 41.8 Å². The first-order valence-electron chi connectivity index (χ1n) is 7.01. The molecule has 24 heavy (non-hydrogen) atoms. The predicted molar refractivity (Wildman–Crippen MR) is 102 cm³/mol. The number of aromatic nitrogens is 2. The number of benzene rings is 2. The summed E-state index contributed by atoms with van der Waals surface area (Å²) < 4.78 is 1.86. The minimum atomic E-state index is 0.216. The van der Waals surface area contributed by atoms with E-state index in [9.17, 15) is 10.2 Å². The van der Waals surface area contributed by atoms with E-state index in [1.54, 1.807) is 36.7 Å². The summed E-state index contributed by atoms with van der Waals surface area (Å²) in [4.78, 5) is 8.14. The summed E-state index contributed by atoms with van der Waals surface area (Å²) in [6.07, 6.45) is 3.33. The van der Waals surface area contributed by atoms with E-state index in [4.69, 9.17) is 0 Å². The number of rotatable bonds is 0. The Morgan fingerprint density at radius 3 is 2.38 bits per heavy atom. The molecule has 0 bridgehead atoms. The Labute approximate surface area is 155 Å². The Bertz CT molecular complexity index is 982. The number of aromatic hydroxyl groups is 2. The van der Waals surface area contributed by atoms with Crippen molar-refractivity contribution in [3.63, 3.8) is 0 Å². The third-order valence-corrected chi connectivity index (χ3v) is 4.48. The fourth-order valence-electron chi connectivity index (χ4n) is 2.24. The zero-order valence-electron chi connectivity index (χ0n) is 12.3. The second-order valence-corrected chi connectivity index (χ2v) is 6.74. The normalized spacial score (nSPS) is 10.4. The first-order chi connectivity index (χ1) is 11.6. The number of hydrogen-bond acceptors (Lipinski definition) is 4. The number of hydrogen-bond donors (Lipinski definition) is 2. The van der Waals surface area contributed by atoms with Crippen LogP contribution in [-0.2, 0) is 0 Å². The van der Waals surface area contributed by atoms with Crippen molar-refractivity contribution >= 4 is 53.7 Å². The third kappa shape index (κ3) is 3.49. The molecular formula is C18H12Br2N2O2. The Morgan fingerprint density at radius 2 is 1.58 bits per heavy atom. The molecule has 0 aliphatic carbocycles. The third-order valence-electron chi connectivity index (χ3n) is 3.35. The lowest BCUT2D eigenvalue weighted by molar-refractivity contribution is 0.480. The molecule has 4 aromatic rings. The van der Waals surface area contributed by atoms with Crippen molar-refractivity contribution in [1.29, 1.82) is 0 Å². The van der Waals surface area contributed by atoms with Gasteiger partial charge < -0.3 is 10.2 Å². The fourth-order valence-corrected chi connectivity index (χ4v) is 3.04. The van der Waals surface area contributed by atoms with Crippen LogP contribution < -0.4 is 0 Å². The van der Waals surface area contributed by atoms with Gasteiger partial charge in [-0.1, -0.05) is 34.1 Å². The number of halogens is 2. The molecule has 120 valence electrons. The number of nitrogens with zero attached hydrogens (tertiary/aromatic N) is 2. The molecule has 0 spiro atoms. The van der Waals surface area contributed by atoms with Gasteiger partial charge in [0.05, 0.1) is 0 Å². The van der Waals surface area contributed by atoms with Gasteiger partial charge in [-0.05, 0) is 46.3 Å². The monoisotopic (exact) mass is 446 g/mol. The summed E-state index contributed by atoms with van der Waals surface area (Å²) in [7, 11) is 0. The van der Waals surface area contributed by atoms with E-state index in [-0.39, 0.29) is 11.5 Å². The minimum Gasteiger partial charge on any atom is -0.506 e. The van der Waals surface area contributed by atoms with Gasteiger partial charge in [-0.2, -0.15) is 0 Å². The SMILES string of the molecule is Oc1ccc(Br)c2cccnc12.Oc1cccc2cc(Br)cnc12. The molecule has 0 amide bonds. The summed E-state index contributed by atoms with van der Waals surface area (Å²) in [6, 6.07) is 14.4. The van der Waals surface area contributed by atoms with Crippen LogP contribution in [0.2, 0.25) is 0 Å². The van der Waals surface area contributed by atoms with Crippen molar-refractivity contribution in [2.75, 3.05) is 0 Å². The van der Waals surface area contributed by atoms with E-state index in [1.165, 1.54) is 0 Å². The molecule has 0 radical (unpaired) electrons. The summed E-state index contributed by atoms with van der Waals surface area (Å²) in [5, 5.41) is 20.7. The van der Waals surface area contributed by atoms with E-state index in [1.807, 2.05) is 24.3 Å². The van der Waals surface area contributed by atoms with Crippen molar-refractivity contribution in [3.8, 4) is 11.5 Å². The van der Waals surface area contributed by atoms with Crippen LogP contribution in [0.15, 0.2) is 69.9 Å². The average Bonchev–Trinajstić information content (AvgIpc) is 2.59. The van der Waals surface area contributed by atoms with Crippen molar-refractivity contribution in [1.82, 2.24) is 9.97 Å². The number of phenolic OH excluding ortho intramolecular Hbond substituents is 2. The highest BCUT2D eigenvalue weighted by Crippen LogP contribution is 2.28. The summed E-state index contributed by atoms with van der Waals surface area (Å²) in [6.45, 7) is 0. The van der Waals surface area contributed by atoms with Gasteiger partial charge in [-0.25, -0.2) is 0 Å². The van der Waals surface area contributed by atoms with E-state index in [0.29, 0.717) is 11.0 Å². The number of fused-ring (bicyclic) bond motifs is 2. The van der Waals surface area contributed by atoms with Crippen LogP contribution in [0.4, 0.5) is 0 Å². The molecule has 2 aromatic heterocycles. The van der Waals surface area contributed by atoms with Gasteiger partial charge in [-0.3, -0.25) is 9.97 Å². The molecule has 0 aliphatic heterocycles. The Kier molecular flexibility index (Phi) is 4.97. The molecule has 4 nitrogen and oxygen atoms in total. The maximum atomic E-state index is 9.41. The molecule has 2 N–H and O–H groups in total. The summed E-state index contributed by atoms with van der Waals surface area (Å²) >= 11 is 6.69. The summed E-state index contributed by atoms with van der Waals surface area (Å²) in [5.41, 5.74) is 1.27. The lowest BCUT2D eigenvalue weighted by Gasteiger charge is -2.00. The average molecular weight is 448 g/mol. The van der Waals surface area contributed by atoms with E-state index < -0.39 is 0 Å². The van der Waals surface area contributed by atoms with Crippen LogP contribution >= 0.6 is 31.9 Å². The molecule has 6 heteroatoms. The molecule has 0 atom stereocenters. The topological polar surface area (TPSA) is 66.2 Å². The standard InChI is InChI=1S/2C9H6BrNO/c10-7-3-4-8(12)9-6(7)2-1-5-11-9;10-7-4-6-2-1-3-8(12)9(6)11-5-7/h2*1-5,12H. The second kappa shape index (κ2) is 7.15. The lowest BCUT2D eigenvalue weighted by Crippen LogP contribution is -1.79. The second-order valence-electron chi connectivity index (χ2n) is 4.97. The largest absolute Gasteiger partial charge is 0.506 e. The van der Waals surface area contributed by atoms with Gasteiger partial charge in [0.2, 0.25) is 0 Å². The molecule has 0 unspecified atom stereocenters. The maximum absolute atomic E-state index is 9.41. The predicted octanol–water partition coefficient (Wildman–Crippen LogP) is 5.41. The van der Waals surface area contributed by atoms with Gasteiger partial charge in [0.25, 0.3) is 0 Å². The van der Waals surface area contributed by atoms with Crippen LogP contribution in [0.5, 0.6) is 11.5 Å². The molecule has 2 aromatic carbocycles. The number of para-hydroxylation sites is 1. The molecule has 0 fully saturated rings. The highest BCUT2D eigenvalue weighted by molar-refractivity contribution is 9.11. The van der Waals surface area contributed by atoms with Gasteiger partial charge >= 0.3 is 0 Å². The molecule has 4 rings (SSSR count). The zero-order valence-corrected chi connectivity index (χ0v) is 15.5. The van der Waals surface area contributed by atoms with Crippen LogP contribution in [-0.4, -0.2) is 20.2 Å². The molecule has 2 heterocycles. The van der Waals surface area contributed by atoms with E-state index >= 15 is 0 Å². The van der Waals surface area contributed by atoms with Crippen LogP contribution in [0, 0.1) is 0 Å². The highest BCUT2D eigenvalue weighted by Gasteiger charge is 2.02. The minimum absolute atomic E-state index is 0.216. The van der Waals surface area contributed by atoms with Crippen molar-refractivity contribution in [2.24, 2.45) is 0 Å². The van der Waals surface area contributed by atoms with Crippen molar-refractivity contribution in [3.05, 3.63) is 69.9 Å². The smallest absolute Gasteiger partial charge is 0.141 e. The fraction of sp³-hybridized carbons (Fsp3) is 0. The van der Waals surface area contributed by atoms with Gasteiger partial charge in [0, 0.05) is 32.1 Å². The molecular weight excluding hydrogens is 436 g/mol. The van der Waals surface area contributed by atoms with Crippen molar-refractivity contribution in [2.45, 2.75) is 0 Å². The van der Waals surface area contributed by atoms with Crippen LogP contribution in [0.25, 0.3) is 21.8 Å². The Hall–Kier alpha value is -2.18. The summed E-state index contributed by atoms with van der Waals surface area (Å²) in [5.74, 6) is 0.439. The first kappa shape index (κ1) is 16.7. The quantitative estimate of drug-likeness (QED) is 0.378. The van der Waals surface area contributed by atoms with Gasteiger partial charge in [-0.15, -0.1) is 0 Å². The Morgan fingerprint density at radius 1 is 0.792 bits per heavy atom. The van der Waals surface area contributed by atoms with Gasteiger partial charge in [0.1, 0.15) is 22.5 Å². The molecule has 0 aliphatic rings. The Balaban J connectivity index is 0.000000141. The number of phenols is 2. The lowest BCUT2D eigenvalue weighted by atomic mass is 10.2. The van der Waals surface area contributed by atoms with Gasteiger partial charge in [0.15, 0.2) is 0 Å².